The number of halogens is 2. The van der Waals surface area contributed by atoms with E-state index < -0.39 is 0 Å². The molecule has 1 aliphatic rings. The van der Waals surface area contributed by atoms with Crippen molar-refractivity contribution >= 4 is 24.8 Å². The largest absolute Gasteiger partial charge is 0.444 e. The Kier molecular flexibility index (Phi) is 7.87. The lowest BCUT2D eigenvalue weighted by Gasteiger charge is -2.31. The van der Waals surface area contributed by atoms with Crippen LogP contribution in [0, 0.1) is 13.8 Å². The minimum absolute atomic E-state index is 0. The third-order valence-corrected chi connectivity index (χ3v) is 3.35. The number of oxazole rings is 1. The van der Waals surface area contributed by atoms with Gasteiger partial charge in [0, 0.05) is 12.6 Å². The van der Waals surface area contributed by atoms with Crippen molar-refractivity contribution in [3.63, 3.8) is 0 Å². The maximum Gasteiger partial charge on any atom is 0.208 e. The highest BCUT2D eigenvalue weighted by Crippen LogP contribution is 2.15. The molecule has 0 saturated carbocycles. The summed E-state index contributed by atoms with van der Waals surface area (Å²) in [5.74, 6) is 1.80. The standard InChI is InChI=1S/C12H21N3O.2ClH/c1-9-10(2)16-12(14-9)8-15-6-4-5-11(7-15)13-3;;/h11,13H,4-8H2,1-3H3;2*1H. The van der Waals surface area contributed by atoms with E-state index in [9.17, 15) is 0 Å². The van der Waals surface area contributed by atoms with Crippen molar-refractivity contribution in [2.75, 3.05) is 20.1 Å². The summed E-state index contributed by atoms with van der Waals surface area (Å²) in [5.41, 5.74) is 1.01. The number of aromatic nitrogens is 1. The molecule has 1 unspecified atom stereocenters. The van der Waals surface area contributed by atoms with Gasteiger partial charge in [0.05, 0.1) is 12.2 Å². The van der Waals surface area contributed by atoms with E-state index in [2.05, 4.69) is 15.2 Å². The summed E-state index contributed by atoms with van der Waals surface area (Å²) in [4.78, 5) is 6.84. The molecule has 1 aromatic heterocycles. The molecule has 1 atom stereocenters. The van der Waals surface area contributed by atoms with Gasteiger partial charge in [-0.05, 0) is 40.3 Å². The van der Waals surface area contributed by atoms with Crippen LogP contribution in [0.2, 0.25) is 0 Å². The molecular formula is C12H23Cl2N3O. The van der Waals surface area contributed by atoms with E-state index in [0.717, 1.165) is 37.0 Å². The topological polar surface area (TPSA) is 41.3 Å². The minimum atomic E-state index is 0. The second kappa shape index (κ2) is 8.00. The molecule has 0 aliphatic carbocycles. The Bertz CT molecular complexity index is 338. The lowest BCUT2D eigenvalue weighted by molar-refractivity contribution is 0.172. The van der Waals surface area contributed by atoms with Gasteiger partial charge in [-0.2, -0.15) is 0 Å². The maximum absolute atomic E-state index is 5.61. The summed E-state index contributed by atoms with van der Waals surface area (Å²) in [6.07, 6.45) is 2.53. The highest BCUT2D eigenvalue weighted by molar-refractivity contribution is 5.85. The number of rotatable bonds is 3. The number of likely N-dealkylation sites (N-methyl/N-ethyl adjacent to an activating group) is 1. The molecule has 1 aliphatic heterocycles. The van der Waals surface area contributed by atoms with Crippen LogP contribution in [0.3, 0.4) is 0 Å². The quantitative estimate of drug-likeness (QED) is 0.929. The van der Waals surface area contributed by atoms with Crippen LogP contribution in [-0.4, -0.2) is 36.1 Å². The molecule has 0 aromatic carbocycles. The van der Waals surface area contributed by atoms with E-state index in [0.29, 0.717) is 6.04 Å². The van der Waals surface area contributed by atoms with Gasteiger partial charge in [0.2, 0.25) is 5.89 Å². The monoisotopic (exact) mass is 295 g/mol. The average molecular weight is 296 g/mol. The molecule has 106 valence electrons. The smallest absolute Gasteiger partial charge is 0.208 e. The van der Waals surface area contributed by atoms with Crippen LogP contribution in [0.15, 0.2) is 4.42 Å². The first-order chi connectivity index (χ1) is 7.69. The summed E-state index contributed by atoms with van der Waals surface area (Å²) in [6, 6.07) is 0.617. The number of nitrogens with zero attached hydrogens (tertiary/aromatic N) is 2. The van der Waals surface area contributed by atoms with Crippen molar-refractivity contribution in [2.45, 2.75) is 39.3 Å². The molecule has 18 heavy (non-hydrogen) atoms. The summed E-state index contributed by atoms with van der Waals surface area (Å²) < 4.78 is 5.61. The zero-order valence-corrected chi connectivity index (χ0v) is 12.9. The van der Waals surface area contributed by atoms with E-state index in [-0.39, 0.29) is 24.8 Å². The highest BCUT2D eigenvalue weighted by Gasteiger charge is 2.20. The molecule has 1 N–H and O–H groups in total. The molecule has 6 heteroatoms. The lowest BCUT2D eigenvalue weighted by Crippen LogP contribution is -2.43. The third kappa shape index (κ3) is 4.43. The van der Waals surface area contributed by atoms with E-state index >= 15 is 0 Å². The zero-order chi connectivity index (χ0) is 11.5. The second-order valence-corrected chi connectivity index (χ2v) is 4.61. The van der Waals surface area contributed by atoms with Gasteiger partial charge in [0.1, 0.15) is 5.76 Å². The summed E-state index contributed by atoms with van der Waals surface area (Å²) >= 11 is 0. The predicted molar refractivity (Wildman–Crippen MR) is 77.8 cm³/mol. The van der Waals surface area contributed by atoms with E-state index in [1.165, 1.54) is 12.8 Å². The molecule has 0 radical (unpaired) electrons. The van der Waals surface area contributed by atoms with Crippen LogP contribution >= 0.6 is 24.8 Å². The van der Waals surface area contributed by atoms with Gasteiger partial charge in [-0.3, -0.25) is 4.90 Å². The van der Waals surface area contributed by atoms with Gasteiger partial charge < -0.3 is 9.73 Å². The predicted octanol–water partition coefficient (Wildman–Crippen LogP) is 2.32. The van der Waals surface area contributed by atoms with E-state index in [4.69, 9.17) is 4.42 Å². The van der Waals surface area contributed by atoms with Gasteiger partial charge in [-0.25, -0.2) is 4.98 Å². The molecule has 2 rings (SSSR count). The summed E-state index contributed by atoms with van der Waals surface area (Å²) in [6.45, 7) is 7.05. The van der Waals surface area contributed by atoms with Crippen LogP contribution in [0.25, 0.3) is 0 Å². The molecular weight excluding hydrogens is 273 g/mol. The van der Waals surface area contributed by atoms with Crippen LogP contribution < -0.4 is 5.32 Å². The summed E-state index contributed by atoms with van der Waals surface area (Å²) in [5, 5.41) is 3.34. The number of aryl methyl sites for hydroxylation is 2. The first-order valence-corrected chi connectivity index (χ1v) is 6.01. The Morgan fingerprint density at radius 3 is 2.67 bits per heavy atom. The number of hydrogen-bond donors (Lipinski definition) is 1. The van der Waals surface area contributed by atoms with Crippen molar-refractivity contribution in [1.29, 1.82) is 0 Å². The van der Waals surface area contributed by atoms with Crippen LogP contribution in [-0.2, 0) is 6.54 Å². The average Bonchev–Trinajstić information content (AvgIpc) is 2.58. The number of likely N-dealkylation sites (tertiary alicyclic amines) is 1. The van der Waals surface area contributed by atoms with Gasteiger partial charge in [0.25, 0.3) is 0 Å². The fourth-order valence-corrected chi connectivity index (χ4v) is 2.23. The number of piperidine rings is 1. The first kappa shape index (κ1) is 17.7. The lowest BCUT2D eigenvalue weighted by atomic mass is 10.1. The van der Waals surface area contributed by atoms with Crippen LogP contribution in [0.4, 0.5) is 0 Å². The second-order valence-electron chi connectivity index (χ2n) is 4.61. The van der Waals surface area contributed by atoms with Crippen LogP contribution in [0.5, 0.6) is 0 Å². The SMILES string of the molecule is CNC1CCCN(Cc2nc(C)c(C)o2)C1.Cl.Cl. The number of nitrogens with one attached hydrogen (secondary N) is 1. The molecule has 0 spiro atoms. The van der Waals surface area contributed by atoms with Crippen molar-refractivity contribution < 1.29 is 4.42 Å². The van der Waals surface area contributed by atoms with E-state index in [1.807, 2.05) is 20.9 Å². The molecule has 4 nitrogen and oxygen atoms in total. The van der Waals surface area contributed by atoms with Crippen molar-refractivity contribution in [3.8, 4) is 0 Å². The minimum Gasteiger partial charge on any atom is -0.444 e. The Balaban J connectivity index is 0.00000144. The Morgan fingerprint density at radius 1 is 1.39 bits per heavy atom. The van der Waals surface area contributed by atoms with Gasteiger partial charge in [-0.1, -0.05) is 0 Å². The molecule has 1 fully saturated rings. The molecule has 0 amide bonds. The van der Waals surface area contributed by atoms with Crippen molar-refractivity contribution in [3.05, 3.63) is 17.3 Å². The first-order valence-electron chi connectivity index (χ1n) is 6.01. The fourth-order valence-electron chi connectivity index (χ4n) is 2.23. The third-order valence-electron chi connectivity index (χ3n) is 3.35. The summed E-state index contributed by atoms with van der Waals surface area (Å²) in [7, 11) is 2.04. The van der Waals surface area contributed by atoms with Crippen molar-refractivity contribution in [1.82, 2.24) is 15.2 Å². The fraction of sp³-hybridized carbons (Fsp3) is 0.750. The Hall–Kier alpha value is -0.290. The van der Waals surface area contributed by atoms with Gasteiger partial charge in [0.15, 0.2) is 0 Å². The normalized spacial score (nSPS) is 20.1. The van der Waals surface area contributed by atoms with E-state index in [1.54, 1.807) is 0 Å². The molecule has 1 saturated heterocycles. The van der Waals surface area contributed by atoms with Crippen LogP contribution in [0.1, 0.15) is 30.2 Å². The number of hydrogen-bond acceptors (Lipinski definition) is 4. The Morgan fingerprint density at radius 2 is 2.11 bits per heavy atom. The highest BCUT2D eigenvalue weighted by atomic mass is 35.5. The molecule has 2 heterocycles. The maximum atomic E-state index is 5.61. The van der Waals surface area contributed by atoms with Gasteiger partial charge in [-0.15, -0.1) is 24.8 Å². The van der Waals surface area contributed by atoms with Gasteiger partial charge >= 0.3 is 0 Å². The molecule has 0 bridgehead atoms. The molecule has 1 aromatic rings. The van der Waals surface area contributed by atoms with Crippen molar-refractivity contribution in [2.24, 2.45) is 0 Å². The zero-order valence-electron chi connectivity index (χ0n) is 11.2. The Labute approximate surface area is 121 Å².